The fourth-order valence-corrected chi connectivity index (χ4v) is 2.33. The zero-order valence-electron chi connectivity index (χ0n) is 13.0. The average Bonchev–Trinajstić information content (AvgIpc) is 2.90. The summed E-state index contributed by atoms with van der Waals surface area (Å²) in [5, 5.41) is 8.06. The zero-order valence-corrected chi connectivity index (χ0v) is 13.0. The second kappa shape index (κ2) is 7.78. The molecule has 0 aliphatic carbocycles. The predicted octanol–water partition coefficient (Wildman–Crippen LogP) is 1.98. The predicted molar refractivity (Wildman–Crippen MR) is 83.5 cm³/mol. The normalized spacial score (nSPS) is 12.3. The summed E-state index contributed by atoms with van der Waals surface area (Å²) >= 11 is 0. The van der Waals surface area contributed by atoms with Crippen LogP contribution < -0.4 is 10.1 Å². The Hall–Kier alpha value is -1.88. The number of methoxy groups -OCH3 is 1. The van der Waals surface area contributed by atoms with E-state index in [1.54, 1.807) is 7.11 Å². The van der Waals surface area contributed by atoms with E-state index >= 15 is 0 Å². The van der Waals surface area contributed by atoms with Crippen LogP contribution in [-0.2, 0) is 19.9 Å². The number of rotatable bonds is 8. The van der Waals surface area contributed by atoms with Crippen molar-refractivity contribution < 1.29 is 4.74 Å². The van der Waals surface area contributed by atoms with Crippen molar-refractivity contribution in [3.63, 3.8) is 0 Å². The van der Waals surface area contributed by atoms with Crippen LogP contribution in [0.4, 0.5) is 0 Å². The highest BCUT2D eigenvalue weighted by molar-refractivity contribution is 5.19. The number of nitrogens with zero attached hydrogens (tertiary/aromatic N) is 3. The van der Waals surface area contributed by atoms with Crippen LogP contribution in [0.1, 0.15) is 24.6 Å². The van der Waals surface area contributed by atoms with Gasteiger partial charge in [0.25, 0.3) is 0 Å². The van der Waals surface area contributed by atoms with E-state index in [0.29, 0.717) is 11.9 Å². The summed E-state index contributed by atoms with van der Waals surface area (Å²) in [7, 11) is 3.58. The van der Waals surface area contributed by atoms with Crippen molar-refractivity contribution in [3.05, 3.63) is 41.9 Å². The van der Waals surface area contributed by atoms with Gasteiger partial charge in [0.15, 0.2) is 0 Å². The molecule has 0 aliphatic rings. The van der Waals surface area contributed by atoms with Gasteiger partial charge in [-0.15, -0.1) is 0 Å². The molecule has 0 radical (unpaired) electrons. The van der Waals surface area contributed by atoms with Crippen molar-refractivity contribution in [3.8, 4) is 5.88 Å². The molecular weight excluding hydrogens is 264 g/mol. The maximum absolute atomic E-state index is 5.10. The lowest BCUT2D eigenvalue weighted by atomic mass is 10.0. The van der Waals surface area contributed by atoms with Gasteiger partial charge < -0.3 is 10.1 Å². The Balaban J connectivity index is 2.00. The minimum atomic E-state index is 0.370. The number of ether oxygens (including phenoxy) is 1. The number of aryl methyl sites for hydroxylation is 1. The summed E-state index contributed by atoms with van der Waals surface area (Å²) in [5.41, 5.74) is 2.33. The van der Waals surface area contributed by atoms with Crippen molar-refractivity contribution in [1.82, 2.24) is 20.1 Å². The number of hydrogen-bond acceptors (Lipinski definition) is 4. The van der Waals surface area contributed by atoms with Crippen LogP contribution in [0.3, 0.4) is 0 Å². The van der Waals surface area contributed by atoms with Crippen LogP contribution >= 0.6 is 0 Å². The standard InChI is InChI=1S/C16H24N4O/c1-4-8-17-15(11-14-7-9-20(2)19-14)10-13-5-6-16(21-3)18-12-13/h5-7,9,12,15,17H,4,8,10-11H2,1-3H3. The molecule has 2 aromatic heterocycles. The Morgan fingerprint density at radius 2 is 2.14 bits per heavy atom. The molecule has 0 fully saturated rings. The SMILES string of the molecule is CCCNC(Cc1ccc(OC)nc1)Cc1ccn(C)n1. The maximum atomic E-state index is 5.10. The van der Waals surface area contributed by atoms with E-state index in [1.165, 1.54) is 5.56 Å². The van der Waals surface area contributed by atoms with Crippen molar-refractivity contribution >= 4 is 0 Å². The lowest BCUT2D eigenvalue weighted by Crippen LogP contribution is -2.34. The smallest absolute Gasteiger partial charge is 0.212 e. The first-order valence-corrected chi connectivity index (χ1v) is 7.42. The fourth-order valence-electron chi connectivity index (χ4n) is 2.33. The van der Waals surface area contributed by atoms with E-state index in [-0.39, 0.29) is 0 Å². The van der Waals surface area contributed by atoms with Crippen molar-refractivity contribution in [2.45, 2.75) is 32.2 Å². The van der Waals surface area contributed by atoms with Crippen LogP contribution in [0.5, 0.6) is 5.88 Å². The second-order valence-electron chi connectivity index (χ2n) is 5.25. The molecule has 2 heterocycles. The lowest BCUT2D eigenvalue weighted by molar-refractivity contribution is 0.397. The second-order valence-corrected chi connectivity index (χ2v) is 5.25. The third-order valence-corrected chi connectivity index (χ3v) is 3.40. The van der Waals surface area contributed by atoms with Crippen LogP contribution in [0.15, 0.2) is 30.6 Å². The fraction of sp³-hybridized carbons (Fsp3) is 0.500. The first-order chi connectivity index (χ1) is 10.2. The highest BCUT2D eigenvalue weighted by Crippen LogP contribution is 2.11. The van der Waals surface area contributed by atoms with Gasteiger partial charge in [0.1, 0.15) is 0 Å². The molecule has 0 amide bonds. The molecule has 5 nitrogen and oxygen atoms in total. The number of aromatic nitrogens is 3. The Labute approximate surface area is 126 Å². The Morgan fingerprint density at radius 1 is 1.29 bits per heavy atom. The lowest BCUT2D eigenvalue weighted by Gasteiger charge is -2.17. The summed E-state index contributed by atoms with van der Waals surface area (Å²) in [6.45, 7) is 3.20. The third kappa shape index (κ3) is 4.86. The molecular formula is C16H24N4O. The van der Waals surface area contributed by atoms with E-state index in [1.807, 2.05) is 30.2 Å². The molecule has 2 aromatic rings. The van der Waals surface area contributed by atoms with Gasteiger partial charge in [-0.3, -0.25) is 4.68 Å². The van der Waals surface area contributed by atoms with Gasteiger partial charge in [0, 0.05) is 38.0 Å². The Morgan fingerprint density at radius 3 is 2.71 bits per heavy atom. The summed E-state index contributed by atoms with van der Waals surface area (Å²) in [6, 6.07) is 6.43. The van der Waals surface area contributed by atoms with Gasteiger partial charge in [-0.1, -0.05) is 13.0 Å². The number of pyridine rings is 1. The highest BCUT2D eigenvalue weighted by atomic mass is 16.5. The molecule has 0 saturated carbocycles. The molecule has 0 bridgehead atoms. The Kier molecular flexibility index (Phi) is 5.75. The summed E-state index contributed by atoms with van der Waals surface area (Å²) in [4.78, 5) is 4.27. The van der Waals surface area contributed by atoms with E-state index in [4.69, 9.17) is 4.74 Å². The number of hydrogen-bond donors (Lipinski definition) is 1. The minimum Gasteiger partial charge on any atom is -0.481 e. The molecule has 1 atom stereocenters. The van der Waals surface area contributed by atoms with Crippen molar-refractivity contribution in [2.75, 3.05) is 13.7 Å². The van der Waals surface area contributed by atoms with Crippen molar-refractivity contribution in [1.29, 1.82) is 0 Å². The van der Waals surface area contributed by atoms with Crippen LogP contribution in [0.2, 0.25) is 0 Å². The summed E-state index contributed by atoms with van der Waals surface area (Å²) < 4.78 is 6.95. The summed E-state index contributed by atoms with van der Waals surface area (Å²) in [6.07, 6.45) is 6.86. The molecule has 1 unspecified atom stereocenters. The zero-order chi connectivity index (χ0) is 15.1. The topological polar surface area (TPSA) is 52.0 Å². The molecule has 0 aliphatic heterocycles. The van der Waals surface area contributed by atoms with E-state index in [2.05, 4.69) is 34.5 Å². The van der Waals surface area contributed by atoms with Crippen molar-refractivity contribution in [2.24, 2.45) is 7.05 Å². The highest BCUT2D eigenvalue weighted by Gasteiger charge is 2.12. The summed E-state index contributed by atoms with van der Waals surface area (Å²) in [5.74, 6) is 0.654. The molecule has 0 aromatic carbocycles. The van der Waals surface area contributed by atoms with E-state index in [0.717, 1.165) is 31.5 Å². The van der Waals surface area contributed by atoms with Crippen LogP contribution in [0, 0.1) is 0 Å². The van der Waals surface area contributed by atoms with E-state index < -0.39 is 0 Å². The Bertz CT molecular complexity index is 535. The number of nitrogens with one attached hydrogen (secondary N) is 1. The van der Waals surface area contributed by atoms with Gasteiger partial charge in [-0.05, 0) is 31.0 Å². The van der Waals surface area contributed by atoms with Gasteiger partial charge >= 0.3 is 0 Å². The third-order valence-electron chi connectivity index (χ3n) is 3.40. The first-order valence-electron chi connectivity index (χ1n) is 7.42. The molecule has 1 N–H and O–H groups in total. The maximum Gasteiger partial charge on any atom is 0.212 e. The van der Waals surface area contributed by atoms with Crippen LogP contribution in [-0.4, -0.2) is 34.5 Å². The average molecular weight is 288 g/mol. The van der Waals surface area contributed by atoms with Gasteiger partial charge in [-0.2, -0.15) is 5.10 Å². The van der Waals surface area contributed by atoms with Gasteiger partial charge in [0.2, 0.25) is 5.88 Å². The van der Waals surface area contributed by atoms with Gasteiger partial charge in [0.05, 0.1) is 12.8 Å². The van der Waals surface area contributed by atoms with Crippen LogP contribution in [0.25, 0.3) is 0 Å². The van der Waals surface area contributed by atoms with E-state index in [9.17, 15) is 0 Å². The molecule has 21 heavy (non-hydrogen) atoms. The quantitative estimate of drug-likeness (QED) is 0.807. The molecule has 0 spiro atoms. The molecule has 0 saturated heterocycles. The minimum absolute atomic E-state index is 0.370. The molecule has 5 heteroatoms. The largest absolute Gasteiger partial charge is 0.481 e. The first kappa shape index (κ1) is 15.5. The molecule has 114 valence electrons. The monoisotopic (exact) mass is 288 g/mol. The molecule has 2 rings (SSSR count). The van der Waals surface area contributed by atoms with Gasteiger partial charge in [-0.25, -0.2) is 4.98 Å².